The topological polar surface area (TPSA) is 63.3 Å². The van der Waals surface area contributed by atoms with E-state index in [2.05, 4.69) is 0 Å². The highest BCUT2D eigenvalue weighted by atomic mass is 16.3. The summed E-state index contributed by atoms with van der Waals surface area (Å²) in [4.78, 5) is 12.0. The molecule has 0 fully saturated rings. The van der Waals surface area contributed by atoms with E-state index in [4.69, 9.17) is 5.73 Å². The molecule has 0 amide bonds. The van der Waals surface area contributed by atoms with E-state index in [0.717, 1.165) is 5.56 Å². The summed E-state index contributed by atoms with van der Waals surface area (Å²) < 4.78 is 0. The van der Waals surface area contributed by atoms with Gasteiger partial charge in [-0.1, -0.05) is 42.5 Å². The van der Waals surface area contributed by atoms with E-state index >= 15 is 0 Å². The predicted molar refractivity (Wildman–Crippen MR) is 71.0 cm³/mol. The van der Waals surface area contributed by atoms with E-state index in [1.54, 1.807) is 24.3 Å². The molecule has 0 unspecified atom stereocenters. The molecular weight excluding hydrogens is 226 g/mol. The van der Waals surface area contributed by atoms with Crippen LogP contribution in [-0.4, -0.2) is 10.9 Å². The van der Waals surface area contributed by atoms with Gasteiger partial charge in [0, 0.05) is 0 Å². The van der Waals surface area contributed by atoms with E-state index in [1.807, 2.05) is 30.3 Å². The third-order valence-corrected chi connectivity index (χ3v) is 2.53. The number of carbonyl (C=O) groups excluding carboxylic acids is 1. The fraction of sp³-hybridized carbons (Fsp3) is 0. The summed E-state index contributed by atoms with van der Waals surface area (Å²) in [6.07, 6.45) is 1.59. The van der Waals surface area contributed by atoms with Gasteiger partial charge in [-0.2, -0.15) is 0 Å². The first-order valence-electron chi connectivity index (χ1n) is 5.53. The van der Waals surface area contributed by atoms with Crippen molar-refractivity contribution in [2.45, 2.75) is 0 Å². The van der Waals surface area contributed by atoms with Crippen molar-refractivity contribution < 1.29 is 9.90 Å². The fourth-order valence-corrected chi connectivity index (χ4v) is 1.62. The van der Waals surface area contributed by atoms with Gasteiger partial charge in [-0.05, 0) is 23.8 Å². The maximum atomic E-state index is 12.0. The van der Waals surface area contributed by atoms with Crippen molar-refractivity contribution in [3.05, 3.63) is 71.4 Å². The molecule has 0 aliphatic rings. The minimum absolute atomic E-state index is 0.0630. The SMILES string of the molecule is N/C(=C\c1ccccc1)C(=O)c1ccccc1O. The van der Waals surface area contributed by atoms with Crippen LogP contribution in [0.1, 0.15) is 15.9 Å². The molecule has 0 saturated heterocycles. The number of aromatic hydroxyl groups is 1. The summed E-state index contributed by atoms with van der Waals surface area (Å²) in [6, 6.07) is 15.7. The molecule has 0 aromatic heterocycles. The first-order valence-corrected chi connectivity index (χ1v) is 5.53. The third-order valence-electron chi connectivity index (χ3n) is 2.53. The van der Waals surface area contributed by atoms with Crippen molar-refractivity contribution in [2.75, 3.05) is 0 Å². The smallest absolute Gasteiger partial charge is 0.212 e. The number of carbonyl (C=O) groups is 1. The minimum Gasteiger partial charge on any atom is -0.507 e. The lowest BCUT2D eigenvalue weighted by molar-refractivity contribution is 0.103. The highest BCUT2D eigenvalue weighted by Crippen LogP contribution is 2.18. The maximum Gasteiger partial charge on any atom is 0.212 e. The van der Waals surface area contributed by atoms with E-state index in [-0.39, 0.29) is 22.8 Å². The average Bonchev–Trinajstić information content (AvgIpc) is 2.39. The number of ketones is 1. The van der Waals surface area contributed by atoms with Gasteiger partial charge in [-0.3, -0.25) is 4.79 Å². The second-order valence-electron chi connectivity index (χ2n) is 3.86. The Hall–Kier alpha value is -2.55. The molecule has 0 atom stereocenters. The summed E-state index contributed by atoms with van der Waals surface area (Å²) in [5.41, 5.74) is 6.91. The van der Waals surface area contributed by atoms with E-state index < -0.39 is 0 Å². The van der Waals surface area contributed by atoms with E-state index in [1.165, 1.54) is 6.07 Å². The quantitative estimate of drug-likeness (QED) is 0.639. The number of hydrogen-bond acceptors (Lipinski definition) is 3. The Labute approximate surface area is 105 Å². The number of nitrogens with two attached hydrogens (primary N) is 1. The highest BCUT2D eigenvalue weighted by Gasteiger charge is 2.12. The van der Waals surface area contributed by atoms with Gasteiger partial charge in [0.2, 0.25) is 5.78 Å². The maximum absolute atomic E-state index is 12.0. The van der Waals surface area contributed by atoms with E-state index in [0.29, 0.717) is 0 Å². The zero-order valence-corrected chi connectivity index (χ0v) is 9.71. The molecule has 0 spiro atoms. The zero-order chi connectivity index (χ0) is 13.0. The van der Waals surface area contributed by atoms with Gasteiger partial charge in [0.1, 0.15) is 5.75 Å². The molecule has 3 heteroatoms. The Kier molecular flexibility index (Phi) is 3.44. The minimum atomic E-state index is -0.378. The lowest BCUT2D eigenvalue weighted by Gasteiger charge is -2.03. The Morgan fingerprint density at radius 1 is 1.00 bits per heavy atom. The van der Waals surface area contributed by atoms with Crippen LogP contribution in [0.2, 0.25) is 0 Å². The molecule has 90 valence electrons. The summed E-state index contributed by atoms with van der Waals surface area (Å²) in [5, 5.41) is 9.59. The number of rotatable bonds is 3. The largest absolute Gasteiger partial charge is 0.507 e. The number of benzene rings is 2. The number of Topliss-reactive ketones (excluding diaryl/α,β-unsaturated/α-hetero) is 1. The van der Waals surface area contributed by atoms with Crippen LogP contribution in [0.15, 0.2) is 60.3 Å². The van der Waals surface area contributed by atoms with Crippen molar-refractivity contribution in [3.63, 3.8) is 0 Å². The summed E-state index contributed by atoms with van der Waals surface area (Å²) in [5.74, 6) is -0.441. The Bertz CT molecular complexity index is 588. The molecule has 2 rings (SSSR count). The van der Waals surface area contributed by atoms with Crippen LogP contribution in [0.4, 0.5) is 0 Å². The molecular formula is C15H13NO2. The predicted octanol–water partition coefficient (Wildman–Crippen LogP) is 2.57. The van der Waals surface area contributed by atoms with Crippen molar-refractivity contribution in [1.82, 2.24) is 0 Å². The lowest BCUT2D eigenvalue weighted by Crippen LogP contribution is -2.11. The first-order chi connectivity index (χ1) is 8.68. The molecule has 3 N–H and O–H groups in total. The fourth-order valence-electron chi connectivity index (χ4n) is 1.62. The van der Waals surface area contributed by atoms with Crippen molar-refractivity contribution in [2.24, 2.45) is 5.73 Å². The third kappa shape index (κ3) is 2.58. The molecule has 0 aliphatic heterocycles. The van der Waals surface area contributed by atoms with Gasteiger partial charge in [0.05, 0.1) is 11.3 Å². The monoisotopic (exact) mass is 239 g/mol. The van der Waals surface area contributed by atoms with Gasteiger partial charge in [0.25, 0.3) is 0 Å². The average molecular weight is 239 g/mol. The number of phenols is 1. The molecule has 2 aromatic carbocycles. The Morgan fingerprint density at radius 3 is 2.28 bits per heavy atom. The molecule has 0 saturated carbocycles. The number of para-hydroxylation sites is 1. The summed E-state index contributed by atoms with van der Waals surface area (Å²) in [6.45, 7) is 0. The van der Waals surface area contributed by atoms with Gasteiger partial charge < -0.3 is 10.8 Å². The van der Waals surface area contributed by atoms with Crippen LogP contribution in [-0.2, 0) is 0 Å². The van der Waals surface area contributed by atoms with Gasteiger partial charge in [-0.15, -0.1) is 0 Å². The lowest BCUT2D eigenvalue weighted by atomic mass is 10.1. The standard InChI is InChI=1S/C15H13NO2/c16-13(10-11-6-2-1-3-7-11)15(18)12-8-4-5-9-14(12)17/h1-10,17H,16H2/b13-10-. The molecule has 3 nitrogen and oxygen atoms in total. The van der Waals surface area contributed by atoms with Crippen LogP contribution >= 0.6 is 0 Å². The van der Waals surface area contributed by atoms with Gasteiger partial charge >= 0.3 is 0 Å². The Morgan fingerprint density at radius 2 is 1.61 bits per heavy atom. The van der Waals surface area contributed by atoms with Crippen LogP contribution in [0.3, 0.4) is 0 Å². The Balaban J connectivity index is 2.30. The second kappa shape index (κ2) is 5.19. The zero-order valence-electron chi connectivity index (χ0n) is 9.71. The number of phenolic OH excluding ortho intramolecular Hbond substituents is 1. The summed E-state index contributed by atoms with van der Waals surface area (Å²) in [7, 11) is 0. The van der Waals surface area contributed by atoms with Crippen LogP contribution in [0.25, 0.3) is 6.08 Å². The van der Waals surface area contributed by atoms with Crippen LogP contribution in [0, 0.1) is 0 Å². The molecule has 18 heavy (non-hydrogen) atoms. The summed E-state index contributed by atoms with van der Waals surface area (Å²) >= 11 is 0. The first kappa shape index (κ1) is 11.9. The highest BCUT2D eigenvalue weighted by molar-refractivity contribution is 6.12. The van der Waals surface area contributed by atoms with E-state index in [9.17, 15) is 9.90 Å². The van der Waals surface area contributed by atoms with Crippen molar-refractivity contribution in [1.29, 1.82) is 0 Å². The van der Waals surface area contributed by atoms with Crippen LogP contribution < -0.4 is 5.73 Å². The number of hydrogen-bond donors (Lipinski definition) is 2. The number of allylic oxidation sites excluding steroid dienone is 1. The molecule has 2 aromatic rings. The molecule has 0 heterocycles. The van der Waals surface area contributed by atoms with Crippen LogP contribution in [0.5, 0.6) is 5.75 Å². The second-order valence-corrected chi connectivity index (χ2v) is 3.86. The molecule has 0 aliphatic carbocycles. The van der Waals surface area contributed by atoms with Crippen molar-refractivity contribution >= 4 is 11.9 Å². The molecule has 0 radical (unpaired) electrons. The van der Waals surface area contributed by atoms with Gasteiger partial charge in [-0.25, -0.2) is 0 Å². The van der Waals surface area contributed by atoms with Crippen molar-refractivity contribution in [3.8, 4) is 5.75 Å². The molecule has 0 bridgehead atoms. The normalized spacial score (nSPS) is 11.2. The van der Waals surface area contributed by atoms with Gasteiger partial charge in [0.15, 0.2) is 0 Å².